The summed E-state index contributed by atoms with van der Waals surface area (Å²) < 4.78 is 9.04. The van der Waals surface area contributed by atoms with E-state index in [1.165, 1.54) is 47.6 Å². The van der Waals surface area contributed by atoms with Crippen LogP contribution in [0.3, 0.4) is 0 Å². The molecule has 226 valence electrons. The molecule has 0 radical (unpaired) electrons. The Labute approximate surface area is 278 Å². The van der Waals surface area contributed by atoms with Crippen molar-refractivity contribution in [2.24, 2.45) is 0 Å². The van der Waals surface area contributed by atoms with Crippen LogP contribution in [-0.2, 0) is 5.41 Å². The molecule has 0 amide bonds. The molecule has 9 rings (SSSR count). The number of benzene rings is 7. The maximum absolute atomic E-state index is 6.43. The number of rotatable bonds is 4. The van der Waals surface area contributed by atoms with E-state index in [9.17, 15) is 0 Å². The van der Waals surface area contributed by atoms with Crippen LogP contribution in [-0.4, -0.2) is 0 Å². The number of thiophene rings is 1. The van der Waals surface area contributed by atoms with Crippen molar-refractivity contribution >= 4 is 81.3 Å². The largest absolute Gasteiger partial charge is 0.456 e. The normalized spacial score (nSPS) is 12.1. The van der Waals surface area contributed by atoms with Gasteiger partial charge in [0.15, 0.2) is 0 Å². The zero-order chi connectivity index (χ0) is 31.7. The van der Waals surface area contributed by atoms with Gasteiger partial charge in [-0.3, -0.25) is 0 Å². The van der Waals surface area contributed by atoms with Crippen LogP contribution in [0.2, 0.25) is 0 Å². The van der Waals surface area contributed by atoms with Gasteiger partial charge in [-0.15, -0.1) is 11.3 Å². The Hall–Kier alpha value is -5.38. The smallest absolute Gasteiger partial charge is 0.137 e. The van der Waals surface area contributed by atoms with Gasteiger partial charge in [0.1, 0.15) is 11.2 Å². The van der Waals surface area contributed by atoms with E-state index < -0.39 is 0 Å². The lowest BCUT2D eigenvalue weighted by molar-refractivity contribution is 0.590. The van der Waals surface area contributed by atoms with Crippen molar-refractivity contribution in [2.45, 2.75) is 26.2 Å². The average molecular weight is 624 g/mol. The van der Waals surface area contributed by atoms with Crippen molar-refractivity contribution < 1.29 is 4.42 Å². The maximum atomic E-state index is 6.43. The van der Waals surface area contributed by atoms with E-state index in [0.29, 0.717) is 0 Å². The van der Waals surface area contributed by atoms with Crippen LogP contribution in [0.1, 0.15) is 26.3 Å². The van der Waals surface area contributed by atoms with E-state index in [2.05, 4.69) is 159 Å². The Balaban J connectivity index is 1.36. The summed E-state index contributed by atoms with van der Waals surface area (Å²) in [5, 5.41) is 7.32. The van der Waals surface area contributed by atoms with Crippen LogP contribution in [0.4, 0.5) is 17.1 Å². The molecule has 0 aliphatic heterocycles. The number of hydrogen-bond acceptors (Lipinski definition) is 3. The number of furan rings is 1. The Morgan fingerprint density at radius 3 is 2.04 bits per heavy atom. The second-order valence-electron chi connectivity index (χ2n) is 13.4. The molecule has 0 aliphatic rings. The van der Waals surface area contributed by atoms with E-state index in [-0.39, 0.29) is 5.41 Å². The molecule has 0 saturated heterocycles. The minimum atomic E-state index is 0.0570. The fourth-order valence-corrected chi connectivity index (χ4v) is 8.29. The van der Waals surface area contributed by atoms with Gasteiger partial charge < -0.3 is 9.32 Å². The topological polar surface area (TPSA) is 16.4 Å². The average Bonchev–Trinajstić information content (AvgIpc) is 3.66. The SMILES string of the molecule is CC(C)(C)c1ccc(N(c2ccc3c(c2)oc2ccccc23)c2ccc3ccccc3c2-c2cccc3c2sc2ccccc23)cc1. The Morgan fingerprint density at radius 2 is 1.21 bits per heavy atom. The van der Waals surface area contributed by atoms with Crippen molar-refractivity contribution in [1.29, 1.82) is 0 Å². The van der Waals surface area contributed by atoms with Gasteiger partial charge in [-0.1, -0.05) is 118 Å². The van der Waals surface area contributed by atoms with Gasteiger partial charge in [0.05, 0.1) is 5.69 Å². The zero-order valence-electron chi connectivity index (χ0n) is 26.6. The highest BCUT2D eigenvalue weighted by atomic mass is 32.1. The third-order valence-electron chi connectivity index (χ3n) is 9.43. The Morgan fingerprint density at radius 1 is 0.532 bits per heavy atom. The van der Waals surface area contributed by atoms with Gasteiger partial charge in [-0.25, -0.2) is 0 Å². The highest BCUT2D eigenvalue weighted by Crippen LogP contribution is 2.49. The predicted molar refractivity (Wildman–Crippen MR) is 203 cm³/mol. The summed E-state index contributed by atoms with van der Waals surface area (Å²) in [5.74, 6) is 0. The van der Waals surface area contributed by atoms with Crippen LogP contribution >= 0.6 is 11.3 Å². The van der Waals surface area contributed by atoms with Gasteiger partial charge in [0.2, 0.25) is 0 Å². The first kappa shape index (κ1) is 27.9. The molecular formula is C44H33NOS. The maximum Gasteiger partial charge on any atom is 0.137 e. The molecule has 47 heavy (non-hydrogen) atoms. The second kappa shape index (κ2) is 10.6. The summed E-state index contributed by atoms with van der Waals surface area (Å²) in [7, 11) is 0. The van der Waals surface area contributed by atoms with Crippen LogP contribution in [0.25, 0.3) is 64.0 Å². The van der Waals surface area contributed by atoms with Gasteiger partial charge in [-0.05, 0) is 64.2 Å². The molecule has 2 nitrogen and oxygen atoms in total. The van der Waals surface area contributed by atoms with Crippen LogP contribution < -0.4 is 4.90 Å². The molecule has 0 atom stereocenters. The van der Waals surface area contributed by atoms with Gasteiger partial charge in [-0.2, -0.15) is 0 Å². The first-order valence-electron chi connectivity index (χ1n) is 16.2. The van der Waals surface area contributed by atoms with Crippen molar-refractivity contribution in [1.82, 2.24) is 0 Å². The molecule has 9 aromatic rings. The Kier molecular flexibility index (Phi) is 6.28. The molecular weight excluding hydrogens is 591 g/mol. The van der Waals surface area contributed by atoms with Crippen molar-refractivity contribution in [3.63, 3.8) is 0 Å². The minimum Gasteiger partial charge on any atom is -0.456 e. The van der Waals surface area contributed by atoms with Crippen molar-refractivity contribution in [2.75, 3.05) is 4.90 Å². The van der Waals surface area contributed by atoms with Gasteiger partial charge in [0, 0.05) is 59.5 Å². The third kappa shape index (κ3) is 4.53. The number of hydrogen-bond donors (Lipinski definition) is 0. The molecule has 0 unspecified atom stereocenters. The number of fused-ring (bicyclic) bond motifs is 7. The summed E-state index contributed by atoms with van der Waals surface area (Å²) in [6, 6.07) is 52.9. The van der Waals surface area contributed by atoms with Crippen molar-refractivity contribution in [3.05, 3.63) is 151 Å². The van der Waals surface area contributed by atoms with E-state index in [4.69, 9.17) is 4.42 Å². The van der Waals surface area contributed by atoms with Crippen LogP contribution in [0, 0.1) is 0 Å². The Bertz CT molecular complexity index is 2620. The van der Waals surface area contributed by atoms with Gasteiger partial charge in [0.25, 0.3) is 0 Å². The van der Waals surface area contributed by atoms with E-state index in [0.717, 1.165) is 39.0 Å². The predicted octanol–water partition coefficient (Wildman–Crippen LogP) is 13.5. The fraction of sp³-hybridized carbons (Fsp3) is 0.0909. The molecule has 2 aromatic heterocycles. The lowest BCUT2D eigenvalue weighted by atomic mass is 9.87. The highest BCUT2D eigenvalue weighted by Gasteiger charge is 2.23. The molecule has 0 aliphatic carbocycles. The molecule has 0 spiro atoms. The summed E-state index contributed by atoms with van der Waals surface area (Å²) in [5.41, 5.74) is 8.92. The first-order chi connectivity index (χ1) is 22.9. The third-order valence-corrected chi connectivity index (χ3v) is 10.7. The molecule has 3 heteroatoms. The summed E-state index contributed by atoms with van der Waals surface area (Å²) in [6.45, 7) is 6.80. The first-order valence-corrected chi connectivity index (χ1v) is 17.0. The monoisotopic (exact) mass is 623 g/mol. The molecule has 0 fully saturated rings. The van der Waals surface area contributed by atoms with Crippen molar-refractivity contribution in [3.8, 4) is 11.1 Å². The summed E-state index contributed by atoms with van der Waals surface area (Å²) >= 11 is 1.88. The zero-order valence-corrected chi connectivity index (χ0v) is 27.4. The molecule has 0 saturated carbocycles. The lowest BCUT2D eigenvalue weighted by Crippen LogP contribution is -2.14. The van der Waals surface area contributed by atoms with E-state index >= 15 is 0 Å². The van der Waals surface area contributed by atoms with Gasteiger partial charge >= 0.3 is 0 Å². The molecule has 2 heterocycles. The second-order valence-corrected chi connectivity index (χ2v) is 14.4. The highest BCUT2D eigenvalue weighted by molar-refractivity contribution is 7.26. The molecule has 0 N–H and O–H groups in total. The quantitative estimate of drug-likeness (QED) is 0.194. The van der Waals surface area contributed by atoms with E-state index in [1.807, 2.05) is 23.5 Å². The minimum absolute atomic E-state index is 0.0570. The number of para-hydroxylation sites is 1. The van der Waals surface area contributed by atoms with Crippen LogP contribution in [0.15, 0.2) is 150 Å². The number of nitrogens with zero attached hydrogens (tertiary/aromatic N) is 1. The fourth-order valence-electron chi connectivity index (χ4n) is 7.06. The molecule has 0 bridgehead atoms. The standard InChI is InChI=1S/C44H33NOS/c1-44(2,3)29-20-22-30(23-21-29)45(31-24-25-34-33-13-6-8-17-39(33)46-40(34)27-31)38-26-19-28-11-4-5-12-32(28)42(38)37-16-10-15-36-35-14-7-9-18-41(35)47-43(36)37/h4-27H,1-3H3. The molecule has 7 aromatic carbocycles. The lowest BCUT2D eigenvalue weighted by Gasteiger charge is -2.29. The van der Waals surface area contributed by atoms with E-state index in [1.54, 1.807) is 0 Å². The summed E-state index contributed by atoms with van der Waals surface area (Å²) in [4.78, 5) is 2.41. The van der Waals surface area contributed by atoms with Crippen LogP contribution in [0.5, 0.6) is 0 Å². The number of anilines is 3. The summed E-state index contributed by atoms with van der Waals surface area (Å²) in [6.07, 6.45) is 0.